The molecular weight excluding hydrogens is 314 g/mol. The van der Waals surface area contributed by atoms with Crippen LogP contribution in [0, 0.1) is 0 Å². The van der Waals surface area contributed by atoms with Gasteiger partial charge in [0.2, 0.25) is 0 Å². The van der Waals surface area contributed by atoms with Gasteiger partial charge in [-0.25, -0.2) is 0 Å². The maximum absolute atomic E-state index is 12.2. The van der Waals surface area contributed by atoms with Crippen molar-refractivity contribution < 1.29 is 4.79 Å². The summed E-state index contributed by atoms with van der Waals surface area (Å²) in [6.45, 7) is 7.54. The molecule has 0 N–H and O–H groups in total. The largest absolute Gasteiger partial charge is 0.303 e. The van der Waals surface area contributed by atoms with Crippen molar-refractivity contribution in [2.45, 2.75) is 46.0 Å². The number of unbranched alkanes of at least 4 members (excludes halogenated alkanes) is 2. The van der Waals surface area contributed by atoms with Gasteiger partial charge in [0.1, 0.15) is 0 Å². The van der Waals surface area contributed by atoms with Crippen molar-refractivity contribution in [3.05, 3.63) is 34.3 Å². The van der Waals surface area contributed by atoms with Crippen LogP contribution < -0.4 is 0 Å². The number of ketones is 1. The number of benzene rings is 1. The molecule has 0 amide bonds. The highest BCUT2D eigenvalue weighted by atomic mass is 79.9. The summed E-state index contributed by atoms with van der Waals surface area (Å²) in [4.78, 5) is 14.6. The first-order valence-electron chi connectivity index (χ1n) is 7.68. The maximum Gasteiger partial charge on any atom is 0.164 e. The van der Waals surface area contributed by atoms with E-state index in [1.165, 1.54) is 25.7 Å². The second kappa shape index (κ2) is 10.1. The molecule has 0 unspecified atom stereocenters. The van der Waals surface area contributed by atoms with Gasteiger partial charge in [0.25, 0.3) is 0 Å². The first-order chi connectivity index (χ1) is 9.67. The number of hydrogen-bond acceptors (Lipinski definition) is 2. The van der Waals surface area contributed by atoms with E-state index in [0.29, 0.717) is 6.42 Å². The quantitative estimate of drug-likeness (QED) is 0.563. The van der Waals surface area contributed by atoms with Crippen LogP contribution in [0.1, 0.15) is 56.3 Å². The summed E-state index contributed by atoms with van der Waals surface area (Å²) in [5.41, 5.74) is 0.819. The van der Waals surface area contributed by atoms with Crippen LogP contribution >= 0.6 is 15.9 Å². The molecule has 0 bridgehead atoms. The van der Waals surface area contributed by atoms with E-state index < -0.39 is 0 Å². The van der Waals surface area contributed by atoms with E-state index in [1.54, 1.807) is 0 Å². The summed E-state index contributed by atoms with van der Waals surface area (Å²) in [6, 6.07) is 7.65. The van der Waals surface area contributed by atoms with Gasteiger partial charge in [-0.3, -0.25) is 4.79 Å². The molecule has 3 heteroatoms. The van der Waals surface area contributed by atoms with Crippen LogP contribution in [0.15, 0.2) is 28.7 Å². The molecule has 0 aliphatic heterocycles. The fourth-order valence-electron chi connectivity index (χ4n) is 2.14. The van der Waals surface area contributed by atoms with Crippen LogP contribution in [-0.4, -0.2) is 30.3 Å². The van der Waals surface area contributed by atoms with Crippen molar-refractivity contribution >= 4 is 21.7 Å². The molecule has 0 aliphatic carbocycles. The van der Waals surface area contributed by atoms with Gasteiger partial charge in [-0.15, -0.1) is 0 Å². The molecule has 0 aliphatic rings. The summed E-state index contributed by atoms with van der Waals surface area (Å²) in [7, 11) is 0. The van der Waals surface area contributed by atoms with E-state index >= 15 is 0 Å². The SMILES string of the molecule is CCCCN(CCCC)CCC(=O)c1ccc(Br)cc1. The topological polar surface area (TPSA) is 20.3 Å². The third kappa shape index (κ3) is 6.67. The predicted molar refractivity (Wildman–Crippen MR) is 89.3 cm³/mol. The van der Waals surface area contributed by atoms with Gasteiger partial charge in [-0.1, -0.05) is 54.8 Å². The first kappa shape index (κ1) is 17.4. The van der Waals surface area contributed by atoms with Crippen LogP contribution in [0.4, 0.5) is 0 Å². The highest BCUT2D eigenvalue weighted by Crippen LogP contribution is 2.12. The molecule has 112 valence electrons. The van der Waals surface area contributed by atoms with Crippen molar-refractivity contribution in [3.63, 3.8) is 0 Å². The molecule has 0 atom stereocenters. The lowest BCUT2D eigenvalue weighted by atomic mass is 10.1. The lowest BCUT2D eigenvalue weighted by molar-refractivity contribution is 0.0963. The monoisotopic (exact) mass is 339 g/mol. The average Bonchev–Trinajstić information content (AvgIpc) is 2.47. The second-order valence-electron chi connectivity index (χ2n) is 5.23. The van der Waals surface area contributed by atoms with Crippen molar-refractivity contribution in [2.24, 2.45) is 0 Å². The Morgan fingerprint density at radius 3 is 2.05 bits per heavy atom. The molecule has 0 radical (unpaired) electrons. The number of nitrogens with zero attached hydrogens (tertiary/aromatic N) is 1. The lowest BCUT2D eigenvalue weighted by Gasteiger charge is -2.21. The molecule has 2 nitrogen and oxygen atoms in total. The van der Waals surface area contributed by atoms with Gasteiger partial charge in [-0.2, -0.15) is 0 Å². The number of hydrogen-bond donors (Lipinski definition) is 0. The van der Waals surface area contributed by atoms with Gasteiger partial charge >= 0.3 is 0 Å². The normalized spacial score (nSPS) is 11.0. The van der Waals surface area contributed by atoms with Crippen molar-refractivity contribution in [1.29, 1.82) is 0 Å². The highest BCUT2D eigenvalue weighted by molar-refractivity contribution is 9.10. The van der Waals surface area contributed by atoms with Crippen LogP contribution in [0.2, 0.25) is 0 Å². The van der Waals surface area contributed by atoms with Gasteiger partial charge in [0.15, 0.2) is 5.78 Å². The smallest absolute Gasteiger partial charge is 0.164 e. The fourth-order valence-corrected chi connectivity index (χ4v) is 2.40. The van der Waals surface area contributed by atoms with Crippen LogP contribution in [0.3, 0.4) is 0 Å². The minimum absolute atomic E-state index is 0.246. The minimum Gasteiger partial charge on any atom is -0.303 e. The summed E-state index contributed by atoms with van der Waals surface area (Å²) >= 11 is 3.39. The van der Waals surface area contributed by atoms with Crippen LogP contribution in [0.5, 0.6) is 0 Å². The second-order valence-corrected chi connectivity index (χ2v) is 6.14. The Kier molecular flexibility index (Phi) is 8.79. The van der Waals surface area contributed by atoms with Crippen molar-refractivity contribution in [3.8, 4) is 0 Å². The first-order valence-corrected chi connectivity index (χ1v) is 8.47. The molecule has 0 spiro atoms. The van der Waals surface area contributed by atoms with Gasteiger partial charge < -0.3 is 4.90 Å². The van der Waals surface area contributed by atoms with E-state index in [-0.39, 0.29) is 5.78 Å². The molecule has 1 aromatic rings. The average molecular weight is 340 g/mol. The van der Waals surface area contributed by atoms with Crippen LogP contribution in [0.25, 0.3) is 0 Å². The van der Waals surface area contributed by atoms with Crippen molar-refractivity contribution in [1.82, 2.24) is 4.90 Å². The third-order valence-corrected chi connectivity index (χ3v) is 4.01. The summed E-state index contributed by atoms with van der Waals surface area (Å²) in [6.07, 6.45) is 5.48. The Labute approximate surface area is 131 Å². The zero-order valence-corrected chi connectivity index (χ0v) is 14.3. The fraction of sp³-hybridized carbons (Fsp3) is 0.588. The van der Waals surface area contributed by atoms with E-state index in [9.17, 15) is 4.79 Å². The molecule has 1 rings (SSSR count). The van der Waals surface area contributed by atoms with Gasteiger partial charge in [0, 0.05) is 23.0 Å². The standard InChI is InChI=1S/C17H26BrNO/c1-3-5-12-19(13-6-4-2)14-11-17(20)15-7-9-16(18)10-8-15/h7-10H,3-6,11-14H2,1-2H3. The zero-order valence-electron chi connectivity index (χ0n) is 12.7. The van der Waals surface area contributed by atoms with Gasteiger partial charge in [0.05, 0.1) is 0 Å². The Balaban J connectivity index is 2.44. The van der Waals surface area contributed by atoms with Crippen LogP contribution in [-0.2, 0) is 0 Å². The Morgan fingerprint density at radius 1 is 1.00 bits per heavy atom. The Bertz CT molecular complexity index is 380. The molecule has 0 saturated carbocycles. The maximum atomic E-state index is 12.2. The highest BCUT2D eigenvalue weighted by Gasteiger charge is 2.09. The van der Waals surface area contributed by atoms with E-state index in [0.717, 1.165) is 29.7 Å². The zero-order chi connectivity index (χ0) is 14.8. The summed E-state index contributed by atoms with van der Waals surface area (Å²) in [5, 5.41) is 0. The Morgan fingerprint density at radius 2 is 1.55 bits per heavy atom. The number of halogens is 1. The third-order valence-electron chi connectivity index (χ3n) is 3.48. The molecule has 0 fully saturated rings. The van der Waals surface area contributed by atoms with Crippen molar-refractivity contribution in [2.75, 3.05) is 19.6 Å². The van der Waals surface area contributed by atoms with E-state index in [4.69, 9.17) is 0 Å². The molecule has 20 heavy (non-hydrogen) atoms. The number of carbonyl (C=O) groups excluding carboxylic acids is 1. The lowest BCUT2D eigenvalue weighted by Crippen LogP contribution is -2.28. The molecule has 0 saturated heterocycles. The summed E-state index contributed by atoms with van der Waals surface area (Å²) in [5.74, 6) is 0.246. The summed E-state index contributed by atoms with van der Waals surface area (Å²) < 4.78 is 1.02. The molecule has 1 aromatic carbocycles. The number of carbonyl (C=O) groups is 1. The molecule has 0 heterocycles. The number of rotatable bonds is 10. The van der Waals surface area contributed by atoms with E-state index in [2.05, 4.69) is 34.7 Å². The minimum atomic E-state index is 0.246. The molecular formula is C17H26BrNO. The predicted octanol–water partition coefficient (Wildman–Crippen LogP) is 4.92. The Hall–Kier alpha value is -0.670. The van der Waals surface area contributed by atoms with Gasteiger partial charge in [-0.05, 0) is 38.1 Å². The number of Topliss-reactive ketones (excluding diaryl/α,β-unsaturated/α-hetero) is 1. The van der Waals surface area contributed by atoms with E-state index in [1.807, 2.05) is 24.3 Å². The molecule has 0 aromatic heterocycles.